The average Bonchev–Trinajstić information content (AvgIpc) is 2.78. The molecular weight excluding hydrogens is 252 g/mol. The first kappa shape index (κ1) is 12.8. The van der Waals surface area contributed by atoms with Gasteiger partial charge in [-0.1, -0.05) is 36.4 Å². The first-order chi connectivity index (χ1) is 9.75. The Labute approximate surface area is 117 Å². The van der Waals surface area contributed by atoms with Crippen LogP contribution in [0.3, 0.4) is 0 Å². The van der Waals surface area contributed by atoms with Crippen LogP contribution < -0.4 is 0 Å². The van der Waals surface area contributed by atoms with E-state index >= 15 is 0 Å². The van der Waals surface area contributed by atoms with Crippen molar-refractivity contribution in [1.29, 1.82) is 0 Å². The van der Waals surface area contributed by atoms with Crippen molar-refractivity contribution in [3.8, 4) is 0 Å². The standard InChI is InChI=1S/C16H16N2O2/c19-15-10-14(13-8-4-5-9-17-13)18(16(15)20)11-12-6-2-1-3-7-12/h1-9,14-15,19H,10-11H2/t14-,15+/m1/s1. The fraction of sp³-hybridized carbons (Fsp3) is 0.250. The van der Waals surface area contributed by atoms with Crippen molar-refractivity contribution >= 4 is 5.91 Å². The third-order valence-corrected chi connectivity index (χ3v) is 3.62. The van der Waals surface area contributed by atoms with Crippen molar-refractivity contribution < 1.29 is 9.90 Å². The summed E-state index contributed by atoms with van der Waals surface area (Å²) in [6, 6.07) is 15.3. The number of benzene rings is 1. The van der Waals surface area contributed by atoms with Gasteiger partial charge in [0, 0.05) is 19.2 Å². The molecule has 0 radical (unpaired) electrons. The zero-order valence-electron chi connectivity index (χ0n) is 11.0. The van der Waals surface area contributed by atoms with Gasteiger partial charge in [-0.05, 0) is 17.7 Å². The topological polar surface area (TPSA) is 53.4 Å². The van der Waals surface area contributed by atoms with Crippen LogP contribution in [0.15, 0.2) is 54.7 Å². The van der Waals surface area contributed by atoms with Crippen LogP contribution in [-0.2, 0) is 11.3 Å². The lowest BCUT2D eigenvalue weighted by molar-refractivity contribution is -0.136. The van der Waals surface area contributed by atoms with E-state index in [1.165, 1.54) is 0 Å². The maximum atomic E-state index is 12.1. The molecule has 102 valence electrons. The van der Waals surface area contributed by atoms with Crippen molar-refractivity contribution in [3.63, 3.8) is 0 Å². The van der Waals surface area contributed by atoms with E-state index in [-0.39, 0.29) is 11.9 Å². The second-order valence-corrected chi connectivity index (χ2v) is 4.97. The molecule has 1 amide bonds. The van der Waals surface area contributed by atoms with Gasteiger partial charge in [-0.3, -0.25) is 9.78 Å². The Hall–Kier alpha value is -2.20. The third kappa shape index (κ3) is 2.42. The van der Waals surface area contributed by atoms with E-state index in [2.05, 4.69) is 4.98 Å². The summed E-state index contributed by atoms with van der Waals surface area (Å²) < 4.78 is 0. The molecule has 0 aliphatic carbocycles. The molecule has 1 saturated heterocycles. The van der Waals surface area contributed by atoms with Gasteiger partial charge in [0.25, 0.3) is 5.91 Å². The molecule has 20 heavy (non-hydrogen) atoms. The van der Waals surface area contributed by atoms with Gasteiger partial charge >= 0.3 is 0 Å². The van der Waals surface area contributed by atoms with E-state index in [1.807, 2.05) is 48.5 Å². The zero-order valence-corrected chi connectivity index (χ0v) is 11.0. The summed E-state index contributed by atoms with van der Waals surface area (Å²) in [5.74, 6) is -0.218. The van der Waals surface area contributed by atoms with Crippen molar-refractivity contribution in [2.75, 3.05) is 0 Å². The molecule has 4 nitrogen and oxygen atoms in total. The van der Waals surface area contributed by atoms with E-state index in [9.17, 15) is 9.90 Å². The van der Waals surface area contributed by atoms with Crippen LogP contribution in [0, 0.1) is 0 Å². The molecular formula is C16H16N2O2. The number of hydrogen-bond donors (Lipinski definition) is 1. The summed E-state index contributed by atoms with van der Waals surface area (Å²) >= 11 is 0. The van der Waals surface area contributed by atoms with Crippen LogP contribution in [0.4, 0.5) is 0 Å². The number of hydrogen-bond acceptors (Lipinski definition) is 3. The number of aromatic nitrogens is 1. The maximum Gasteiger partial charge on any atom is 0.252 e. The molecule has 1 fully saturated rings. The highest BCUT2D eigenvalue weighted by atomic mass is 16.3. The monoisotopic (exact) mass is 268 g/mol. The van der Waals surface area contributed by atoms with E-state index in [0.717, 1.165) is 11.3 Å². The van der Waals surface area contributed by atoms with Gasteiger partial charge in [0.15, 0.2) is 0 Å². The van der Waals surface area contributed by atoms with Crippen LogP contribution in [0.25, 0.3) is 0 Å². The second-order valence-electron chi connectivity index (χ2n) is 4.97. The number of likely N-dealkylation sites (tertiary alicyclic amines) is 1. The lowest BCUT2D eigenvalue weighted by Crippen LogP contribution is -2.30. The molecule has 3 rings (SSSR count). The lowest BCUT2D eigenvalue weighted by atomic mass is 10.1. The fourth-order valence-electron chi connectivity index (χ4n) is 2.61. The normalized spacial score (nSPS) is 22.2. The van der Waals surface area contributed by atoms with Gasteiger partial charge < -0.3 is 10.0 Å². The molecule has 0 saturated carbocycles. The molecule has 4 heteroatoms. The molecule has 2 atom stereocenters. The Balaban J connectivity index is 1.87. The van der Waals surface area contributed by atoms with Gasteiger partial charge in [0.2, 0.25) is 0 Å². The fourth-order valence-corrected chi connectivity index (χ4v) is 2.61. The van der Waals surface area contributed by atoms with Crippen LogP contribution >= 0.6 is 0 Å². The molecule has 1 N–H and O–H groups in total. The van der Waals surface area contributed by atoms with E-state index in [4.69, 9.17) is 0 Å². The predicted molar refractivity (Wildman–Crippen MR) is 74.6 cm³/mol. The first-order valence-corrected chi connectivity index (χ1v) is 6.69. The highest BCUT2D eigenvalue weighted by Gasteiger charge is 2.39. The van der Waals surface area contributed by atoms with E-state index < -0.39 is 6.10 Å². The highest BCUT2D eigenvalue weighted by molar-refractivity contribution is 5.83. The molecule has 1 aliphatic rings. The minimum atomic E-state index is -0.925. The van der Waals surface area contributed by atoms with Crippen molar-refractivity contribution in [3.05, 3.63) is 66.0 Å². The van der Waals surface area contributed by atoms with Crippen molar-refractivity contribution in [2.24, 2.45) is 0 Å². The van der Waals surface area contributed by atoms with Gasteiger partial charge in [0.05, 0.1) is 11.7 Å². The molecule has 2 heterocycles. The SMILES string of the molecule is O=C1[C@@H](O)C[C@H](c2ccccn2)N1Cc1ccccc1. The Bertz CT molecular complexity index is 586. The van der Waals surface area contributed by atoms with E-state index in [1.54, 1.807) is 11.1 Å². The molecule has 1 aromatic heterocycles. The average molecular weight is 268 g/mol. The van der Waals surface area contributed by atoms with Crippen LogP contribution in [0.5, 0.6) is 0 Å². The number of carbonyl (C=O) groups excluding carboxylic acids is 1. The molecule has 1 aliphatic heterocycles. The second kappa shape index (κ2) is 5.43. The highest BCUT2D eigenvalue weighted by Crippen LogP contribution is 2.33. The number of carbonyl (C=O) groups is 1. The minimum Gasteiger partial charge on any atom is -0.383 e. The van der Waals surface area contributed by atoms with Crippen molar-refractivity contribution in [2.45, 2.75) is 25.1 Å². The van der Waals surface area contributed by atoms with Crippen LogP contribution in [0.2, 0.25) is 0 Å². The Morgan fingerprint density at radius 3 is 2.60 bits per heavy atom. The summed E-state index contributed by atoms with van der Waals surface area (Å²) in [5.41, 5.74) is 1.88. The van der Waals surface area contributed by atoms with Crippen molar-refractivity contribution in [1.82, 2.24) is 9.88 Å². The largest absolute Gasteiger partial charge is 0.383 e. The van der Waals surface area contributed by atoms with Crippen LogP contribution in [0.1, 0.15) is 23.7 Å². The summed E-state index contributed by atoms with van der Waals surface area (Å²) in [6.07, 6.45) is 1.19. The van der Waals surface area contributed by atoms with Gasteiger partial charge in [0.1, 0.15) is 6.10 Å². The summed E-state index contributed by atoms with van der Waals surface area (Å²) in [6.45, 7) is 0.498. The maximum absolute atomic E-state index is 12.1. The van der Waals surface area contributed by atoms with Gasteiger partial charge in [-0.15, -0.1) is 0 Å². The number of pyridine rings is 1. The van der Waals surface area contributed by atoms with Crippen LogP contribution in [-0.4, -0.2) is 27.0 Å². The van der Waals surface area contributed by atoms with Gasteiger partial charge in [-0.2, -0.15) is 0 Å². The summed E-state index contributed by atoms with van der Waals surface area (Å²) in [7, 11) is 0. The number of aliphatic hydroxyl groups is 1. The number of amides is 1. The minimum absolute atomic E-state index is 0.154. The molecule has 1 aromatic carbocycles. The van der Waals surface area contributed by atoms with E-state index in [0.29, 0.717) is 13.0 Å². The lowest BCUT2D eigenvalue weighted by Gasteiger charge is -2.24. The quantitative estimate of drug-likeness (QED) is 0.925. The predicted octanol–water partition coefficient (Wildman–Crippen LogP) is 1.92. The number of nitrogens with zero attached hydrogens (tertiary/aromatic N) is 2. The molecule has 0 unspecified atom stereocenters. The smallest absolute Gasteiger partial charge is 0.252 e. The number of aliphatic hydroxyl groups excluding tert-OH is 1. The molecule has 0 spiro atoms. The number of rotatable bonds is 3. The summed E-state index contributed by atoms with van der Waals surface area (Å²) in [5, 5.41) is 9.86. The summed E-state index contributed by atoms with van der Waals surface area (Å²) in [4.78, 5) is 18.2. The molecule has 0 bridgehead atoms. The first-order valence-electron chi connectivity index (χ1n) is 6.69. The zero-order chi connectivity index (χ0) is 13.9. The Morgan fingerprint density at radius 2 is 1.90 bits per heavy atom. The Kier molecular flexibility index (Phi) is 3.48. The third-order valence-electron chi connectivity index (χ3n) is 3.62. The van der Waals surface area contributed by atoms with Gasteiger partial charge in [-0.25, -0.2) is 0 Å². The molecule has 2 aromatic rings. The Morgan fingerprint density at radius 1 is 1.15 bits per heavy atom.